The molecule has 0 N–H and O–H groups in total. The summed E-state index contributed by atoms with van der Waals surface area (Å²) in [6.07, 6.45) is 2.54. The highest BCUT2D eigenvalue weighted by Crippen LogP contribution is 1.95. The van der Waals surface area contributed by atoms with Crippen LogP contribution < -0.4 is 0 Å². The molecule has 0 aromatic carbocycles. The molecular formula is C6H13ClSi. The van der Waals surface area contributed by atoms with Crippen LogP contribution in [0.5, 0.6) is 0 Å². The first kappa shape index (κ1) is 8.51. The van der Waals surface area contributed by atoms with Crippen molar-refractivity contribution in [1.29, 1.82) is 0 Å². The van der Waals surface area contributed by atoms with Crippen molar-refractivity contribution in [3.8, 4) is 0 Å². The summed E-state index contributed by atoms with van der Waals surface area (Å²) in [4.78, 5) is 0. The predicted molar refractivity (Wildman–Crippen MR) is 41.0 cm³/mol. The van der Waals surface area contributed by atoms with E-state index in [4.69, 9.17) is 11.6 Å². The van der Waals surface area contributed by atoms with E-state index in [0.29, 0.717) is 0 Å². The van der Waals surface area contributed by atoms with E-state index >= 15 is 0 Å². The molecule has 0 unspecified atom stereocenters. The quantitative estimate of drug-likeness (QED) is 0.320. The van der Waals surface area contributed by atoms with E-state index < -0.39 is 0 Å². The number of hydrogen-bond donors (Lipinski definition) is 0. The lowest BCUT2D eigenvalue weighted by atomic mass is 10.6. The molecule has 0 bridgehead atoms. The van der Waals surface area contributed by atoms with Crippen molar-refractivity contribution in [3.05, 3.63) is 0 Å². The summed E-state index contributed by atoms with van der Waals surface area (Å²) in [7, 11) is 1.15. The molecule has 0 aliphatic carbocycles. The van der Waals surface area contributed by atoms with Gasteiger partial charge in [-0.25, -0.2) is 0 Å². The van der Waals surface area contributed by atoms with E-state index in [9.17, 15) is 0 Å². The maximum atomic E-state index is 5.48. The van der Waals surface area contributed by atoms with E-state index in [1.165, 1.54) is 24.9 Å². The van der Waals surface area contributed by atoms with Crippen LogP contribution in [0.25, 0.3) is 0 Å². The van der Waals surface area contributed by atoms with E-state index in [1.807, 2.05) is 0 Å². The molecule has 0 saturated carbocycles. The monoisotopic (exact) mass is 148 g/mol. The summed E-state index contributed by atoms with van der Waals surface area (Å²) < 4.78 is 0. The zero-order chi connectivity index (χ0) is 6.24. The summed E-state index contributed by atoms with van der Waals surface area (Å²) >= 11 is 5.48. The minimum absolute atomic E-state index is 0.844. The van der Waals surface area contributed by atoms with Crippen LogP contribution >= 0.6 is 11.6 Å². The Bertz CT molecular complexity index is 33.5. The van der Waals surface area contributed by atoms with Crippen molar-refractivity contribution in [2.45, 2.75) is 31.9 Å². The van der Waals surface area contributed by atoms with E-state index in [0.717, 1.165) is 15.4 Å². The molecule has 0 heterocycles. The highest BCUT2D eigenvalue weighted by atomic mass is 35.5. The molecule has 0 nitrogen and oxygen atoms in total. The summed E-state index contributed by atoms with van der Waals surface area (Å²) in [6.45, 7) is 2.23. The van der Waals surface area contributed by atoms with Crippen molar-refractivity contribution in [1.82, 2.24) is 0 Å². The third-order valence-corrected chi connectivity index (χ3v) is 2.74. The molecule has 0 fully saturated rings. The zero-order valence-corrected chi connectivity index (χ0v) is 7.17. The lowest BCUT2D eigenvalue weighted by Crippen LogP contribution is -1.87. The average molecular weight is 149 g/mol. The van der Waals surface area contributed by atoms with Crippen molar-refractivity contribution >= 4 is 21.1 Å². The summed E-state index contributed by atoms with van der Waals surface area (Å²) in [5.74, 6) is 0.844. The Morgan fingerprint density at radius 1 is 1.38 bits per heavy atom. The molecule has 2 radical (unpaired) electrons. The largest absolute Gasteiger partial charge is 0.127 e. The maximum Gasteiger partial charge on any atom is 0.0378 e. The SMILES string of the molecule is CCC[Si]CCCCl. The molecule has 0 aromatic rings. The van der Waals surface area contributed by atoms with Gasteiger partial charge in [-0.15, -0.1) is 11.6 Å². The molecule has 48 valence electrons. The first-order valence-electron chi connectivity index (χ1n) is 3.18. The lowest BCUT2D eigenvalue weighted by molar-refractivity contribution is 1.03. The summed E-state index contributed by atoms with van der Waals surface area (Å²) in [6, 6.07) is 2.74. The average Bonchev–Trinajstić information content (AvgIpc) is 1.81. The summed E-state index contributed by atoms with van der Waals surface area (Å²) in [5.41, 5.74) is 0. The van der Waals surface area contributed by atoms with Gasteiger partial charge in [-0.1, -0.05) is 25.4 Å². The van der Waals surface area contributed by atoms with Gasteiger partial charge in [0.2, 0.25) is 0 Å². The molecule has 0 saturated heterocycles. The Morgan fingerprint density at radius 2 is 2.12 bits per heavy atom. The fraction of sp³-hybridized carbons (Fsp3) is 1.00. The van der Waals surface area contributed by atoms with E-state index in [2.05, 4.69) is 6.92 Å². The molecule has 0 aliphatic heterocycles. The van der Waals surface area contributed by atoms with Gasteiger partial charge in [-0.05, 0) is 6.42 Å². The maximum absolute atomic E-state index is 5.48. The van der Waals surface area contributed by atoms with Crippen LogP contribution in [-0.2, 0) is 0 Å². The standard InChI is InChI=1S/C6H13ClSi/c1-2-5-8-6-3-4-7/h2-6H2,1H3. The van der Waals surface area contributed by atoms with Crippen LogP contribution in [-0.4, -0.2) is 15.4 Å². The molecule has 8 heavy (non-hydrogen) atoms. The van der Waals surface area contributed by atoms with Crippen molar-refractivity contribution < 1.29 is 0 Å². The molecule has 0 amide bonds. The smallest absolute Gasteiger partial charge is 0.0378 e. The van der Waals surface area contributed by atoms with Gasteiger partial charge >= 0.3 is 0 Å². The predicted octanol–water partition coefficient (Wildman–Crippen LogP) is 2.57. The second-order valence-electron chi connectivity index (χ2n) is 1.79. The number of alkyl halides is 1. The van der Waals surface area contributed by atoms with Crippen LogP contribution in [0.2, 0.25) is 12.1 Å². The van der Waals surface area contributed by atoms with Crippen molar-refractivity contribution in [3.63, 3.8) is 0 Å². The van der Waals surface area contributed by atoms with Gasteiger partial charge < -0.3 is 0 Å². The molecule has 0 spiro atoms. The molecular weight excluding hydrogens is 136 g/mol. The molecule has 0 atom stereocenters. The number of hydrogen-bond acceptors (Lipinski definition) is 0. The minimum atomic E-state index is 0.844. The Hall–Kier alpha value is 0.507. The summed E-state index contributed by atoms with van der Waals surface area (Å²) in [5, 5.41) is 0. The third kappa shape index (κ3) is 6.51. The zero-order valence-electron chi connectivity index (χ0n) is 5.41. The van der Waals surface area contributed by atoms with Gasteiger partial charge in [0.25, 0.3) is 0 Å². The fourth-order valence-corrected chi connectivity index (χ4v) is 1.88. The normalized spacial score (nSPS) is 9.75. The highest BCUT2D eigenvalue weighted by molar-refractivity contribution is 6.35. The van der Waals surface area contributed by atoms with Crippen LogP contribution in [0.1, 0.15) is 19.8 Å². The Morgan fingerprint density at radius 3 is 2.62 bits per heavy atom. The van der Waals surface area contributed by atoms with E-state index in [-0.39, 0.29) is 0 Å². The molecule has 2 heteroatoms. The Kier molecular flexibility index (Phi) is 7.98. The number of halogens is 1. The van der Waals surface area contributed by atoms with Gasteiger partial charge in [-0.2, -0.15) is 0 Å². The van der Waals surface area contributed by atoms with Crippen LogP contribution in [0.3, 0.4) is 0 Å². The van der Waals surface area contributed by atoms with Crippen LogP contribution in [0.15, 0.2) is 0 Å². The van der Waals surface area contributed by atoms with Gasteiger partial charge in [-0.3, -0.25) is 0 Å². The van der Waals surface area contributed by atoms with Crippen LogP contribution in [0, 0.1) is 0 Å². The molecule has 0 aromatic heterocycles. The Labute approximate surface area is 59.4 Å². The van der Waals surface area contributed by atoms with Gasteiger partial charge in [0.05, 0.1) is 0 Å². The minimum Gasteiger partial charge on any atom is -0.127 e. The fourth-order valence-electron chi connectivity index (χ4n) is 0.494. The Balaban J connectivity index is 2.53. The van der Waals surface area contributed by atoms with Gasteiger partial charge in [0, 0.05) is 15.4 Å². The highest BCUT2D eigenvalue weighted by Gasteiger charge is 1.85. The third-order valence-electron chi connectivity index (χ3n) is 0.914. The van der Waals surface area contributed by atoms with E-state index in [1.54, 1.807) is 0 Å². The van der Waals surface area contributed by atoms with Crippen molar-refractivity contribution in [2.75, 3.05) is 5.88 Å². The first-order valence-corrected chi connectivity index (χ1v) is 5.13. The second kappa shape index (κ2) is 7.51. The van der Waals surface area contributed by atoms with Gasteiger partial charge in [0.15, 0.2) is 0 Å². The number of rotatable bonds is 5. The van der Waals surface area contributed by atoms with Crippen LogP contribution in [0.4, 0.5) is 0 Å². The van der Waals surface area contributed by atoms with Gasteiger partial charge in [0.1, 0.15) is 0 Å². The lowest BCUT2D eigenvalue weighted by Gasteiger charge is -1.91. The second-order valence-corrected chi connectivity index (χ2v) is 3.67. The van der Waals surface area contributed by atoms with Crippen molar-refractivity contribution in [2.24, 2.45) is 0 Å². The molecule has 0 rings (SSSR count). The topological polar surface area (TPSA) is 0 Å². The first-order chi connectivity index (χ1) is 3.91. The molecule has 0 aliphatic rings.